The summed E-state index contributed by atoms with van der Waals surface area (Å²) in [5.74, 6) is 0.833. The minimum absolute atomic E-state index is 0.561. The molecule has 0 amide bonds. The van der Waals surface area contributed by atoms with Crippen LogP contribution in [0.1, 0.15) is 5.56 Å². The van der Waals surface area contributed by atoms with E-state index in [-0.39, 0.29) is 0 Å². The number of halogens is 1. The smallest absolute Gasteiger partial charge is 0.120 e. The van der Waals surface area contributed by atoms with Crippen molar-refractivity contribution in [2.24, 2.45) is 0 Å². The van der Waals surface area contributed by atoms with Crippen molar-refractivity contribution in [2.45, 2.75) is 6.61 Å². The number of benzene rings is 2. The first-order valence-corrected chi connectivity index (χ1v) is 7.64. The molecule has 3 heteroatoms. The van der Waals surface area contributed by atoms with Gasteiger partial charge in [0, 0.05) is 10.6 Å². The Morgan fingerprint density at radius 3 is 2.60 bits per heavy atom. The van der Waals surface area contributed by atoms with E-state index in [9.17, 15) is 0 Å². The number of thiophene rings is 1. The maximum Gasteiger partial charge on any atom is 0.120 e. The van der Waals surface area contributed by atoms with Gasteiger partial charge in [-0.05, 0) is 46.2 Å². The normalized spacial score (nSPS) is 10.4. The number of ether oxygens (including phenoxy) is 1. The molecular formula is C17H13ClOS. The van der Waals surface area contributed by atoms with Crippen LogP contribution in [0.3, 0.4) is 0 Å². The van der Waals surface area contributed by atoms with Crippen LogP contribution in [0.25, 0.3) is 11.1 Å². The van der Waals surface area contributed by atoms with Crippen molar-refractivity contribution in [3.63, 3.8) is 0 Å². The standard InChI is InChI=1S/C17H13ClOS/c18-17-7-6-15(10-16(17)14-8-9-20-12-14)19-11-13-4-2-1-3-5-13/h1-10,12H,11H2. The summed E-state index contributed by atoms with van der Waals surface area (Å²) in [4.78, 5) is 0. The molecule has 0 aliphatic heterocycles. The van der Waals surface area contributed by atoms with Crippen molar-refractivity contribution in [2.75, 3.05) is 0 Å². The molecule has 3 rings (SSSR count). The quantitative estimate of drug-likeness (QED) is 0.605. The van der Waals surface area contributed by atoms with Crippen LogP contribution in [0.15, 0.2) is 65.4 Å². The van der Waals surface area contributed by atoms with E-state index >= 15 is 0 Å². The minimum Gasteiger partial charge on any atom is -0.489 e. The fraction of sp³-hybridized carbons (Fsp3) is 0.0588. The van der Waals surface area contributed by atoms with Crippen molar-refractivity contribution < 1.29 is 4.74 Å². The summed E-state index contributed by atoms with van der Waals surface area (Å²) in [5, 5.41) is 4.88. The van der Waals surface area contributed by atoms with Crippen LogP contribution < -0.4 is 4.74 Å². The van der Waals surface area contributed by atoms with Crippen molar-refractivity contribution in [3.8, 4) is 16.9 Å². The Bertz CT molecular complexity index is 677. The molecule has 0 aliphatic rings. The second-order valence-electron chi connectivity index (χ2n) is 4.43. The number of rotatable bonds is 4. The Morgan fingerprint density at radius 2 is 1.85 bits per heavy atom. The van der Waals surface area contributed by atoms with Crippen LogP contribution in [0.5, 0.6) is 5.75 Å². The Kier molecular flexibility index (Phi) is 4.05. The van der Waals surface area contributed by atoms with Gasteiger partial charge in [-0.25, -0.2) is 0 Å². The summed E-state index contributed by atoms with van der Waals surface area (Å²) in [6.45, 7) is 0.561. The van der Waals surface area contributed by atoms with E-state index in [1.54, 1.807) is 11.3 Å². The highest BCUT2D eigenvalue weighted by atomic mass is 35.5. The zero-order valence-corrected chi connectivity index (χ0v) is 12.3. The lowest BCUT2D eigenvalue weighted by Crippen LogP contribution is -1.95. The summed E-state index contributed by atoms with van der Waals surface area (Å²) in [5.41, 5.74) is 3.29. The van der Waals surface area contributed by atoms with Crippen LogP contribution in [-0.4, -0.2) is 0 Å². The molecule has 0 unspecified atom stereocenters. The maximum absolute atomic E-state index is 6.25. The van der Waals surface area contributed by atoms with Crippen molar-refractivity contribution in [3.05, 3.63) is 75.9 Å². The van der Waals surface area contributed by atoms with Gasteiger partial charge in [0.2, 0.25) is 0 Å². The molecule has 3 aromatic rings. The van der Waals surface area contributed by atoms with Gasteiger partial charge >= 0.3 is 0 Å². The highest BCUT2D eigenvalue weighted by Crippen LogP contribution is 2.32. The topological polar surface area (TPSA) is 9.23 Å². The Labute approximate surface area is 127 Å². The molecule has 0 fully saturated rings. The molecule has 20 heavy (non-hydrogen) atoms. The molecular weight excluding hydrogens is 288 g/mol. The lowest BCUT2D eigenvalue weighted by atomic mass is 10.1. The third kappa shape index (κ3) is 3.03. The molecule has 0 bridgehead atoms. The zero-order valence-electron chi connectivity index (χ0n) is 10.8. The van der Waals surface area contributed by atoms with E-state index in [0.29, 0.717) is 6.61 Å². The first-order valence-electron chi connectivity index (χ1n) is 6.32. The van der Waals surface area contributed by atoms with E-state index in [1.807, 2.05) is 41.8 Å². The molecule has 1 nitrogen and oxygen atoms in total. The van der Waals surface area contributed by atoms with Crippen LogP contribution in [0.4, 0.5) is 0 Å². The monoisotopic (exact) mass is 300 g/mol. The Morgan fingerprint density at radius 1 is 1.00 bits per heavy atom. The van der Waals surface area contributed by atoms with Crippen LogP contribution >= 0.6 is 22.9 Å². The molecule has 0 atom stereocenters. The molecule has 100 valence electrons. The second kappa shape index (κ2) is 6.12. The molecule has 0 radical (unpaired) electrons. The summed E-state index contributed by atoms with van der Waals surface area (Å²) < 4.78 is 5.83. The Balaban J connectivity index is 1.79. The first-order chi connectivity index (χ1) is 9.83. The van der Waals surface area contributed by atoms with Gasteiger partial charge in [0.1, 0.15) is 12.4 Å². The average molecular weight is 301 g/mol. The highest BCUT2D eigenvalue weighted by Gasteiger charge is 2.06. The number of hydrogen-bond donors (Lipinski definition) is 0. The van der Waals surface area contributed by atoms with Crippen molar-refractivity contribution in [1.29, 1.82) is 0 Å². The van der Waals surface area contributed by atoms with Gasteiger partial charge in [0.15, 0.2) is 0 Å². The second-order valence-corrected chi connectivity index (χ2v) is 5.62. The fourth-order valence-electron chi connectivity index (χ4n) is 1.97. The minimum atomic E-state index is 0.561. The first kappa shape index (κ1) is 13.2. The van der Waals surface area contributed by atoms with E-state index < -0.39 is 0 Å². The SMILES string of the molecule is Clc1ccc(OCc2ccccc2)cc1-c1ccsc1. The lowest BCUT2D eigenvalue weighted by Gasteiger charge is -2.09. The van der Waals surface area contributed by atoms with E-state index in [0.717, 1.165) is 27.5 Å². The van der Waals surface area contributed by atoms with Crippen LogP contribution in [0.2, 0.25) is 5.02 Å². The zero-order chi connectivity index (χ0) is 13.8. The highest BCUT2D eigenvalue weighted by molar-refractivity contribution is 7.08. The van der Waals surface area contributed by atoms with Gasteiger partial charge in [-0.3, -0.25) is 0 Å². The molecule has 0 saturated heterocycles. The summed E-state index contributed by atoms with van der Waals surface area (Å²) >= 11 is 7.91. The molecule has 0 aliphatic carbocycles. The van der Waals surface area contributed by atoms with Gasteiger partial charge in [0.05, 0.1) is 0 Å². The summed E-state index contributed by atoms with van der Waals surface area (Å²) in [6.07, 6.45) is 0. The van der Waals surface area contributed by atoms with Gasteiger partial charge < -0.3 is 4.74 Å². The third-order valence-electron chi connectivity index (χ3n) is 3.02. The largest absolute Gasteiger partial charge is 0.489 e. The molecule has 0 saturated carbocycles. The van der Waals surface area contributed by atoms with Gasteiger partial charge in [0.25, 0.3) is 0 Å². The van der Waals surface area contributed by atoms with Crippen molar-refractivity contribution >= 4 is 22.9 Å². The fourth-order valence-corrected chi connectivity index (χ4v) is 2.86. The number of hydrogen-bond acceptors (Lipinski definition) is 2. The molecule has 2 aromatic carbocycles. The van der Waals surface area contributed by atoms with Crippen LogP contribution in [0, 0.1) is 0 Å². The Hall–Kier alpha value is -1.77. The molecule has 0 spiro atoms. The van der Waals surface area contributed by atoms with Gasteiger partial charge in [-0.1, -0.05) is 41.9 Å². The van der Waals surface area contributed by atoms with E-state index in [2.05, 4.69) is 23.6 Å². The van der Waals surface area contributed by atoms with E-state index in [1.165, 1.54) is 0 Å². The third-order valence-corrected chi connectivity index (χ3v) is 4.03. The molecule has 0 N–H and O–H groups in total. The summed E-state index contributed by atoms with van der Waals surface area (Å²) in [6, 6.07) is 18.0. The predicted octanol–water partition coefficient (Wildman–Crippen LogP) is 5.65. The average Bonchev–Trinajstić information content (AvgIpc) is 3.01. The van der Waals surface area contributed by atoms with Crippen molar-refractivity contribution in [1.82, 2.24) is 0 Å². The van der Waals surface area contributed by atoms with Gasteiger partial charge in [-0.2, -0.15) is 11.3 Å². The predicted molar refractivity (Wildman–Crippen MR) is 85.5 cm³/mol. The summed E-state index contributed by atoms with van der Waals surface area (Å²) in [7, 11) is 0. The van der Waals surface area contributed by atoms with Gasteiger partial charge in [-0.15, -0.1) is 0 Å². The molecule has 1 heterocycles. The van der Waals surface area contributed by atoms with E-state index in [4.69, 9.17) is 16.3 Å². The lowest BCUT2D eigenvalue weighted by molar-refractivity contribution is 0.306. The molecule has 1 aromatic heterocycles. The maximum atomic E-state index is 6.25. The van der Waals surface area contributed by atoms with Crippen LogP contribution in [-0.2, 0) is 6.61 Å².